The van der Waals surface area contributed by atoms with Crippen LogP contribution in [-0.2, 0) is 0 Å². The highest BCUT2D eigenvalue weighted by Gasteiger charge is 2.31. The number of nitrogens with zero attached hydrogens (tertiary/aromatic N) is 2. The lowest BCUT2D eigenvalue weighted by molar-refractivity contribution is 0.602. The lowest BCUT2D eigenvalue weighted by atomic mass is 10.2. The van der Waals surface area contributed by atoms with E-state index in [1.54, 1.807) is 6.20 Å². The average Bonchev–Trinajstić information content (AvgIpc) is 2.95. The van der Waals surface area contributed by atoms with Gasteiger partial charge in [0, 0.05) is 6.20 Å². The van der Waals surface area contributed by atoms with E-state index in [9.17, 15) is 0 Å². The largest absolute Gasteiger partial charge is 0.339 e. The van der Waals surface area contributed by atoms with E-state index in [-0.39, 0.29) is 6.04 Å². The molecule has 0 saturated heterocycles. The molecular weight excluding hydrogens is 176 g/mol. The summed E-state index contributed by atoms with van der Waals surface area (Å²) >= 11 is 0. The molecule has 2 heterocycles. The predicted octanol–water partition coefficient (Wildman–Crippen LogP) is 1.37. The van der Waals surface area contributed by atoms with Crippen LogP contribution >= 0.6 is 0 Å². The molecule has 2 aromatic rings. The van der Waals surface area contributed by atoms with Crippen molar-refractivity contribution >= 4 is 11.2 Å². The summed E-state index contributed by atoms with van der Waals surface area (Å²) in [5.41, 5.74) is 7.78. The normalized spacial score (nSPS) is 18.6. The van der Waals surface area contributed by atoms with E-state index < -0.39 is 0 Å². The lowest BCUT2D eigenvalue weighted by Gasteiger charge is -2.04. The average molecular weight is 188 g/mol. The number of aromatic amines is 1. The molecule has 72 valence electrons. The molecule has 2 aromatic heterocycles. The van der Waals surface area contributed by atoms with Gasteiger partial charge in [-0.25, -0.2) is 9.97 Å². The van der Waals surface area contributed by atoms with Gasteiger partial charge in [0.05, 0.1) is 11.6 Å². The van der Waals surface area contributed by atoms with Crippen molar-refractivity contribution in [2.45, 2.75) is 18.9 Å². The number of hydrogen-bond donors (Lipinski definition) is 2. The summed E-state index contributed by atoms with van der Waals surface area (Å²) in [5.74, 6) is 1.50. The molecule has 0 aliphatic heterocycles. The molecule has 0 amide bonds. The van der Waals surface area contributed by atoms with Crippen LogP contribution in [0.3, 0.4) is 0 Å². The third kappa shape index (κ3) is 1.19. The molecular formula is C10H12N4. The molecule has 4 nitrogen and oxygen atoms in total. The van der Waals surface area contributed by atoms with Crippen LogP contribution in [0.1, 0.15) is 24.7 Å². The number of fused-ring (bicyclic) bond motifs is 1. The van der Waals surface area contributed by atoms with Gasteiger partial charge in [-0.2, -0.15) is 0 Å². The Morgan fingerprint density at radius 1 is 1.50 bits per heavy atom. The molecule has 3 rings (SSSR count). The van der Waals surface area contributed by atoms with Gasteiger partial charge in [0.2, 0.25) is 0 Å². The van der Waals surface area contributed by atoms with E-state index in [4.69, 9.17) is 5.73 Å². The van der Waals surface area contributed by atoms with Crippen molar-refractivity contribution in [3.05, 3.63) is 24.2 Å². The first-order chi connectivity index (χ1) is 6.84. The Hall–Kier alpha value is -1.42. The summed E-state index contributed by atoms with van der Waals surface area (Å²) in [7, 11) is 0. The number of nitrogens with one attached hydrogen (secondary N) is 1. The van der Waals surface area contributed by atoms with Gasteiger partial charge in [-0.05, 0) is 30.9 Å². The second-order valence-electron chi connectivity index (χ2n) is 3.86. The number of pyridine rings is 1. The molecule has 1 fully saturated rings. The summed E-state index contributed by atoms with van der Waals surface area (Å²) in [4.78, 5) is 11.8. The van der Waals surface area contributed by atoms with E-state index in [1.165, 1.54) is 12.8 Å². The number of H-pyrrole nitrogens is 1. The van der Waals surface area contributed by atoms with Crippen LogP contribution in [0.5, 0.6) is 0 Å². The van der Waals surface area contributed by atoms with Crippen LogP contribution in [0, 0.1) is 5.92 Å². The molecule has 14 heavy (non-hydrogen) atoms. The molecule has 1 saturated carbocycles. The molecule has 3 N–H and O–H groups in total. The van der Waals surface area contributed by atoms with E-state index >= 15 is 0 Å². The van der Waals surface area contributed by atoms with Gasteiger partial charge in [-0.15, -0.1) is 0 Å². The third-order valence-electron chi connectivity index (χ3n) is 2.72. The first-order valence-corrected chi connectivity index (χ1v) is 4.91. The van der Waals surface area contributed by atoms with Crippen LogP contribution < -0.4 is 5.73 Å². The van der Waals surface area contributed by atoms with Crippen molar-refractivity contribution in [1.82, 2.24) is 15.0 Å². The molecule has 0 spiro atoms. The van der Waals surface area contributed by atoms with Crippen molar-refractivity contribution in [2.24, 2.45) is 11.7 Å². The maximum Gasteiger partial charge on any atom is 0.177 e. The van der Waals surface area contributed by atoms with Gasteiger partial charge in [0.1, 0.15) is 5.82 Å². The minimum absolute atomic E-state index is 0.0594. The second kappa shape index (κ2) is 2.78. The molecule has 0 radical (unpaired) electrons. The smallest absolute Gasteiger partial charge is 0.177 e. The Morgan fingerprint density at radius 2 is 2.36 bits per heavy atom. The summed E-state index contributed by atoms with van der Waals surface area (Å²) in [6, 6.07) is 3.93. The molecule has 4 heteroatoms. The minimum atomic E-state index is 0.0594. The van der Waals surface area contributed by atoms with Crippen LogP contribution in [0.2, 0.25) is 0 Å². The van der Waals surface area contributed by atoms with Gasteiger partial charge in [0.25, 0.3) is 0 Å². The molecule has 1 aliphatic carbocycles. The number of imidazole rings is 1. The first kappa shape index (κ1) is 7.94. The minimum Gasteiger partial charge on any atom is -0.339 e. The van der Waals surface area contributed by atoms with Crippen molar-refractivity contribution in [3.63, 3.8) is 0 Å². The maximum atomic E-state index is 6.04. The third-order valence-corrected chi connectivity index (χ3v) is 2.72. The lowest BCUT2D eigenvalue weighted by Crippen LogP contribution is -2.13. The number of nitrogens with two attached hydrogens (primary N) is 1. The fraction of sp³-hybridized carbons (Fsp3) is 0.400. The van der Waals surface area contributed by atoms with Crippen LogP contribution in [0.25, 0.3) is 11.2 Å². The Labute approximate surface area is 81.6 Å². The monoisotopic (exact) mass is 188 g/mol. The zero-order chi connectivity index (χ0) is 9.54. The van der Waals surface area contributed by atoms with Gasteiger partial charge >= 0.3 is 0 Å². The fourth-order valence-electron chi connectivity index (χ4n) is 1.70. The van der Waals surface area contributed by atoms with E-state index in [0.717, 1.165) is 17.0 Å². The zero-order valence-corrected chi connectivity index (χ0v) is 7.77. The van der Waals surface area contributed by atoms with Gasteiger partial charge in [-0.1, -0.05) is 0 Å². The van der Waals surface area contributed by atoms with Crippen molar-refractivity contribution in [3.8, 4) is 0 Å². The summed E-state index contributed by atoms with van der Waals surface area (Å²) in [5, 5.41) is 0. The SMILES string of the molecule is NC(c1nc2ncccc2[nH]1)C1CC1. The van der Waals surface area contributed by atoms with Crippen molar-refractivity contribution < 1.29 is 0 Å². The molecule has 0 bridgehead atoms. The summed E-state index contributed by atoms with van der Waals surface area (Å²) in [6.45, 7) is 0. The van der Waals surface area contributed by atoms with E-state index in [2.05, 4.69) is 15.0 Å². The molecule has 1 unspecified atom stereocenters. The molecule has 0 aromatic carbocycles. The van der Waals surface area contributed by atoms with Gasteiger partial charge in [0.15, 0.2) is 5.65 Å². The standard InChI is InChI=1S/C10H12N4/c11-8(6-3-4-6)10-13-7-2-1-5-12-9(7)14-10/h1-2,5-6,8H,3-4,11H2,(H,12,13,14). The molecule has 1 aliphatic rings. The Kier molecular flexibility index (Phi) is 1.58. The van der Waals surface area contributed by atoms with Crippen LogP contribution in [0.15, 0.2) is 18.3 Å². The van der Waals surface area contributed by atoms with Crippen LogP contribution in [0.4, 0.5) is 0 Å². The van der Waals surface area contributed by atoms with Crippen molar-refractivity contribution in [2.75, 3.05) is 0 Å². The highest BCUT2D eigenvalue weighted by atomic mass is 15.0. The quantitative estimate of drug-likeness (QED) is 0.747. The fourth-order valence-corrected chi connectivity index (χ4v) is 1.70. The number of rotatable bonds is 2. The Bertz CT molecular complexity index is 425. The summed E-state index contributed by atoms with van der Waals surface area (Å²) in [6.07, 6.45) is 4.20. The number of hydrogen-bond acceptors (Lipinski definition) is 3. The summed E-state index contributed by atoms with van der Waals surface area (Å²) < 4.78 is 0. The maximum absolute atomic E-state index is 6.04. The Morgan fingerprint density at radius 3 is 3.07 bits per heavy atom. The van der Waals surface area contributed by atoms with Gasteiger partial charge in [-0.3, -0.25) is 0 Å². The number of aromatic nitrogens is 3. The Balaban J connectivity index is 2.04. The predicted molar refractivity (Wildman–Crippen MR) is 53.5 cm³/mol. The van der Waals surface area contributed by atoms with Gasteiger partial charge < -0.3 is 10.7 Å². The highest BCUT2D eigenvalue weighted by molar-refractivity contribution is 5.70. The van der Waals surface area contributed by atoms with Crippen LogP contribution in [-0.4, -0.2) is 15.0 Å². The van der Waals surface area contributed by atoms with E-state index in [0.29, 0.717) is 5.92 Å². The van der Waals surface area contributed by atoms with E-state index in [1.807, 2.05) is 12.1 Å². The topological polar surface area (TPSA) is 67.6 Å². The second-order valence-corrected chi connectivity index (χ2v) is 3.86. The van der Waals surface area contributed by atoms with Crippen molar-refractivity contribution in [1.29, 1.82) is 0 Å². The first-order valence-electron chi connectivity index (χ1n) is 4.91. The zero-order valence-electron chi connectivity index (χ0n) is 7.77. The highest BCUT2D eigenvalue weighted by Crippen LogP contribution is 2.38. The molecule has 1 atom stereocenters.